The van der Waals surface area contributed by atoms with E-state index in [0.29, 0.717) is 0 Å². The van der Waals surface area contributed by atoms with Crippen LogP contribution >= 0.6 is 0 Å². The van der Waals surface area contributed by atoms with Crippen LogP contribution in [0.2, 0.25) is 0 Å². The van der Waals surface area contributed by atoms with Crippen molar-refractivity contribution in [2.24, 2.45) is 0 Å². The van der Waals surface area contributed by atoms with Gasteiger partial charge in [0.1, 0.15) is 0 Å². The van der Waals surface area contributed by atoms with Crippen molar-refractivity contribution in [3.8, 4) is 6.07 Å². The quantitative estimate of drug-likeness (QED) is 0.785. The molecule has 0 bridgehead atoms. The normalized spacial score (nSPS) is 11.6. The molecule has 0 fully saturated rings. The third kappa shape index (κ3) is 4.77. The highest BCUT2D eigenvalue weighted by molar-refractivity contribution is 5.52. The Hall–Kier alpha value is -1.59. The van der Waals surface area contributed by atoms with Crippen LogP contribution in [-0.4, -0.2) is 5.54 Å². The summed E-state index contributed by atoms with van der Waals surface area (Å²) >= 11 is 0. The molecule has 0 spiro atoms. The van der Waals surface area contributed by atoms with Crippen molar-refractivity contribution < 1.29 is 0 Å². The lowest BCUT2D eigenvalue weighted by Gasteiger charge is -2.20. The maximum absolute atomic E-state index is 8.41. The third-order valence-electron chi connectivity index (χ3n) is 2.15. The number of benzene rings is 1. The number of nitrogens with zero attached hydrogens (tertiary/aromatic N) is 1. The molecule has 0 aliphatic heterocycles. The van der Waals surface area contributed by atoms with E-state index < -0.39 is 0 Å². The van der Waals surface area contributed by atoms with Gasteiger partial charge in [0.25, 0.3) is 0 Å². The molecule has 0 saturated heterocycles. The van der Waals surface area contributed by atoms with Crippen LogP contribution in [0.3, 0.4) is 0 Å². The molecule has 0 heterocycles. The maximum Gasteiger partial charge on any atom is 0.0912 e. The van der Waals surface area contributed by atoms with Crippen LogP contribution in [0.5, 0.6) is 0 Å². The van der Waals surface area contributed by atoms with E-state index in [9.17, 15) is 0 Å². The summed E-state index contributed by atoms with van der Waals surface area (Å²) in [5, 5.41) is 11.8. The minimum atomic E-state index is 0.138. The summed E-state index contributed by atoms with van der Waals surface area (Å²) in [6.07, 6.45) is 3.30. The Morgan fingerprint density at radius 3 is 2.38 bits per heavy atom. The van der Waals surface area contributed by atoms with Crippen molar-refractivity contribution in [1.29, 1.82) is 5.26 Å². The molecular formula is C14H18N2. The molecule has 2 heteroatoms. The molecule has 0 radical (unpaired) electrons. The van der Waals surface area contributed by atoms with E-state index >= 15 is 0 Å². The van der Waals surface area contributed by atoms with Gasteiger partial charge in [-0.15, -0.1) is 0 Å². The minimum absolute atomic E-state index is 0.138. The lowest BCUT2D eigenvalue weighted by atomic mass is 10.1. The molecule has 0 aliphatic carbocycles. The molecule has 0 aromatic heterocycles. The summed E-state index contributed by atoms with van der Waals surface area (Å²) in [5.74, 6) is 0. The van der Waals surface area contributed by atoms with Crippen molar-refractivity contribution in [2.75, 3.05) is 0 Å². The molecule has 0 atom stereocenters. The number of rotatable bonds is 3. The maximum atomic E-state index is 8.41. The molecule has 2 nitrogen and oxygen atoms in total. The lowest BCUT2D eigenvalue weighted by molar-refractivity contribution is 0.424. The summed E-state index contributed by atoms with van der Waals surface area (Å²) in [6, 6.07) is 10.2. The zero-order chi connectivity index (χ0) is 12.0. The number of nitrogens with one attached hydrogen (secondary N) is 1. The Morgan fingerprint density at radius 2 is 1.88 bits per heavy atom. The molecule has 16 heavy (non-hydrogen) atoms. The van der Waals surface area contributed by atoms with Crippen molar-refractivity contribution in [2.45, 2.75) is 32.9 Å². The van der Waals surface area contributed by atoms with Crippen LogP contribution in [0.15, 0.2) is 30.3 Å². The lowest BCUT2D eigenvalue weighted by Crippen LogP contribution is -2.35. The SMILES string of the molecule is CC(C)(C)NCc1ccc(C=CC#N)cc1. The summed E-state index contributed by atoms with van der Waals surface area (Å²) < 4.78 is 0. The van der Waals surface area contributed by atoms with Gasteiger partial charge in [-0.05, 0) is 38.0 Å². The highest BCUT2D eigenvalue weighted by Crippen LogP contribution is 2.08. The molecule has 0 saturated carbocycles. The second-order valence-electron chi connectivity index (χ2n) is 4.81. The highest BCUT2D eigenvalue weighted by atomic mass is 14.9. The van der Waals surface area contributed by atoms with Gasteiger partial charge in [0.05, 0.1) is 6.07 Å². The average Bonchev–Trinajstić information content (AvgIpc) is 2.24. The molecule has 1 rings (SSSR count). The van der Waals surface area contributed by atoms with Crippen LogP contribution in [0, 0.1) is 11.3 Å². The predicted octanol–water partition coefficient (Wildman–Crippen LogP) is 3.11. The summed E-state index contributed by atoms with van der Waals surface area (Å²) in [6.45, 7) is 7.32. The Balaban J connectivity index is 2.59. The molecule has 1 N–H and O–H groups in total. The molecule has 0 amide bonds. The average molecular weight is 214 g/mol. The molecule has 1 aromatic carbocycles. The molecular weight excluding hydrogens is 196 g/mol. The van der Waals surface area contributed by atoms with Crippen molar-refractivity contribution >= 4 is 6.08 Å². The first-order valence-electron chi connectivity index (χ1n) is 5.41. The fourth-order valence-electron chi connectivity index (χ4n) is 1.25. The van der Waals surface area contributed by atoms with Crippen LogP contribution < -0.4 is 5.32 Å². The second kappa shape index (κ2) is 5.48. The summed E-state index contributed by atoms with van der Waals surface area (Å²) in [4.78, 5) is 0. The van der Waals surface area contributed by atoms with E-state index in [0.717, 1.165) is 12.1 Å². The van der Waals surface area contributed by atoms with Crippen LogP contribution in [0.1, 0.15) is 31.9 Å². The van der Waals surface area contributed by atoms with Crippen LogP contribution in [0.25, 0.3) is 6.08 Å². The Bertz CT molecular complexity index is 388. The zero-order valence-corrected chi connectivity index (χ0v) is 10.1. The van der Waals surface area contributed by atoms with E-state index in [1.165, 1.54) is 11.6 Å². The predicted molar refractivity (Wildman–Crippen MR) is 67.7 cm³/mol. The van der Waals surface area contributed by atoms with E-state index in [4.69, 9.17) is 5.26 Å². The monoisotopic (exact) mass is 214 g/mol. The van der Waals surface area contributed by atoms with Crippen molar-refractivity contribution in [1.82, 2.24) is 5.32 Å². The van der Waals surface area contributed by atoms with Gasteiger partial charge >= 0.3 is 0 Å². The Kier molecular flexibility index (Phi) is 4.28. The van der Waals surface area contributed by atoms with Gasteiger partial charge in [0, 0.05) is 18.2 Å². The summed E-state index contributed by atoms with van der Waals surface area (Å²) in [7, 11) is 0. The largest absolute Gasteiger partial charge is 0.308 e. The van der Waals surface area contributed by atoms with Gasteiger partial charge in [-0.25, -0.2) is 0 Å². The summed E-state index contributed by atoms with van der Waals surface area (Å²) in [5.41, 5.74) is 2.45. The van der Waals surface area contributed by atoms with Gasteiger partial charge in [0.2, 0.25) is 0 Å². The number of allylic oxidation sites excluding steroid dienone is 1. The van der Waals surface area contributed by atoms with E-state index in [1.807, 2.05) is 18.2 Å². The zero-order valence-electron chi connectivity index (χ0n) is 10.1. The number of hydrogen-bond acceptors (Lipinski definition) is 2. The van der Waals surface area contributed by atoms with Crippen molar-refractivity contribution in [3.63, 3.8) is 0 Å². The number of nitriles is 1. The fourth-order valence-corrected chi connectivity index (χ4v) is 1.25. The van der Waals surface area contributed by atoms with Crippen LogP contribution in [0.4, 0.5) is 0 Å². The van der Waals surface area contributed by atoms with Gasteiger partial charge in [-0.1, -0.05) is 24.3 Å². The second-order valence-corrected chi connectivity index (χ2v) is 4.81. The van der Waals surface area contributed by atoms with E-state index in [2.05, 4.69) is 38.2 Å². The van der Waals surface area contributed by atoms with Crippen molar-refractivity contribution in [3.05, 3.63) is 41.5 Å². The Labute approximate surface area is 97.6 Å². The topological polar surface area (TPSA) is 35.8 Å². The van der Waals surface area contributed by atoms with Gasteiger partial charge < -0.3 is 5.32 Å². The van der Waals surface area contributed by atoms with Gasteiger partial charge in [-0.3, -0.25) is 0 Å². The van der Waals surface area contributed by atoms with Crippen LogP contribution in [-0.2, 0) is 6.54 Å². The smallest absolute Gasteiger partial charge is 0.0912 e. The van der Waals surface area contributed by atoms with Gasteiger partial charge in [-0.2, -0.15) is 5.26 Å². The first kappa shape index (κ1) is 12.5. The molecule has 0 aliphatic rings. The first-order chi connectivity index (χ1) is 7.51. The van der Waals surface area contributed by atoms with E-state index in [1.54, 1.807) is 6.08 Å². The molecule has 0 unspecified atom stereocenters. The number of hydrogen-bond donors (Lipinski definition) is 1. The third-order valence-corrected chi connectivity index (χ3v) is 2.15. The first-order valence-corrected chi connectivity index (χ1v) is 5.41. The van der Waals surface area contributed by atoms with Gasteiger partial charge in [0.15, 0.2) is 0 Å². The fraction of sp³-hybridized carbons (Fsp3) is 0.357. The minimum Gasteiger partial charge on any atom is -0.308 e. The van der Waals surface area contributed by atoms with E-state index in [-0.39, 0.29) is 5.54 Å². The molecule has 1 aromatic rings. The molecule has 84 valence electrons. The highest BCUT2D eigenvalue weighted by Gasteiger charge is 2.07. The Morgan fingerprint density at radius 1 is 1.25 bits per heavy atom. The standard InChI is InChI=1S/C14H18N2/c1-14(2,3)16-11-13-8-6-12(7-9-13)5-4-10-15/h4-9,16H,11H2,1-3H3.